The van der Waals surface area contributed by atoms with E-state index < -0.39 is 0 Å². The van der Waals surface area contributed by atoms with Crippen molar-refractivity contribution < 1.29 is 14.3 Å². The van der Waals surface area contributed by atoms with Gasteiger partial charge in [-0.05, 0) is 35.2 Å². The van der Waals surface area contributed by atoms with E-state index in [9.17, 15) is 9.90 Å². The van der Waals surface area contributed by atoms with E-state index in [4.69, 9.17) is 4.42 Å². The Kier molecular flexibility index (Phi) is 4.80. The number of nitrogens with one attached hydrogen (secondary N) is 1. The molecule has 1 amide bonds. The van der Waals surface area contributed by atoms with Crippen LogP contribution in [0.4, 0.5) is 5.69 Å². The maximum Gasteiger partial charge on any atom is 0.230 e. The van der Waals surface area contributed by atoms with Crippen molar-refractivity contribution in [1.82, 2.24) is 4.98 Å². The fourth-order valence-corrected chi connectivity index (χ4v) is 2.56. The van der Waals surface area contributed by atoms with E-state index >= 15 is 0 Å². The Morgan fingerprint density at radius 2 is 1.88 bits per heavy atom. The Morgan fingerprint density at radius 1 is 1.15 bits per heavy atom. The molecule has 2 aromatic carbocycles. The zero-order valence-electron chi connectivity index (χ0n) is 15.1. The Bertz CT molecular complexity index is 909. The summed E-state index contributed by atoms with van der Waals surface area (Å²) >= 11 is 0. The molecule has 0 aliphatic rings. The highest BCUT2D eigenvalue weighted by atomic mass is 16.3. The van der Waals surface area contributed by atoms with Gasteiger partial charge in [0.25, 0.3) is 0 Å². The second-order valence-electron chi connectivity index (χ2n) is 7.22. The normalized spacial score (nSPS) is 11.3. The summed E-state index contributed by atoms with van der Waals surface area (Å²) < 4.78 is 5.45. The van der Waals surface area contributed by atoms with E-state index in [-0.39, 0.29) is 23.5 Å². The largest absolute Gasteiger partial charge is 0.506 e. The standard InChI is InChI=1S/C21H22N2O3/c1-21(2,3)15-9-10-18(24)17(11-15)23-19(25)12-16-13-26-20(22-16)14-7-5-4-6-8-14/h4-11,13,24H,12H2,1-3H3,(H,23,25). The maximum atomic E-state index is 12.3. The van der Waals surface area contributed by atoms with Crippen LogP contribution in [0.5, 0.6) is 5.75 Å². The molecule has 134 valence electrons. The minimum atomic E-state index is -0.265. The highest BCUT2D eigenvalue weighted by Crippen LogP contribution is 2.30. The Morgan fingerprint density at radius 3 is 2.58 bits per heavy atom. The first-order valence-corrected chi connectivity index (χ1v) is 8.46. The summed E-state index contributed by atoms with van der Waals surface area (Å²) in [6.07, 6.45) is 1.54. The topological polar surface area (TPSA) is 75.4 Å². The number of nitrogens with zero attached hydrogens (tertiary/aromatic N) is 1. The Balaban J connectivity index is 1.71. The predicted molar refractivity (Wildman–Crippen MR) is 101 cm³/mol. The van der Waals surface area contributed by atoms with Crippen molar-refractivity contribution in [3.8, 4) is 17.2 Å². The summed E-state index contributed by atoms with van der Waals surface area (Å²) in [5.74, 6) is 0.252. The van der Waals surface area contributed by atoms with Crippen molar-refractivity contribution >= 4 is 11.6 Å². The molecule has 0 aliphatic carbocycles. The van der Waals surface area contributed by atoms with Crippen LogP contribution in [0.25, 0.3) is 11.5 Å². The molecule has 1 heterocycles. The molecule has 0 unspecified atom stereocenters. The number of phenols is 1. The number of hydrogen-bond donors (Lipinski definition) is 2. The van der Waals surface area contributed by atoms with Gasteiger partial charge in [0.05, 0.1) is 17.8 Å². The fraction of sp³-hybridized carbons (Fsp3) is 0.238. The number of carbonyl (C=O) groups excluding carboxylic acids is 1. The van der Waals surface area contributed by atoms with Crippen molar-refractivity contribution in [1.29, 1.82) is 0 Å². The smallest absolute Gasteiger partial charge is 0.230 e. The first-order valence-electron chi connectivity index (χ1n) is 8.46. The van der Waals surface area contributed by atoms with Gasteiger partial charge in [-0.2, -0.15) is 0 Å². The van der Waals surface area contributed by atoms with Crippen LogP contribution in [0.3, 0.4) is 0 Å². The molecule has 0 fully saturated rings. The Labute approximate surface area is 152 Å². The highest BCUT2D eigenvalue weighted by Gasteiger charge is 2.17. The average Bonchev–Trinajstić information content (AvgIpc) is 3.05. The van der Waals surface area contributed by atoms with E-state index in [1.807, 2.05) is 36.4 Å². The molecule has 1 aromatic heterocycles. The molecular weight excluding hydrogens is 328 g/mol. The summed E-state index contributed by atoms with van der Waals surface area (Å²) in [5.41, 5.74) is 2.74. The lowest BCUT2D eigenvalue weighted by Crippen LogP contribution is -2.16. The van der Waals surface area contributed by atoms with Crippen molar-refractivity contribution in [3.63, 3.8) is 0 Å². The number of carbonyl (C=O) groups is 1. The number of phenolic OH excluding ortho intramolecular Hbond substituents is 1. The number of aromatic nitrogens is 1. The maximum absolute atomic E-state index is 12.3. The van der Waals surface area contributed by atoms with E-state index in [0.717, 1.165) is 11.1 Å². The molecule has 0 atom stereocenters. The van der Waals surface area contributed by atoms with Crippen molar-refractivity contribution in [2.75, 3.05) is 5.32 Å². The van der Waals surface area contributed by atoms with Gasteiger partial charge in [-0.3, -0.25) is 4.79 Å². The number of aromatic hydroxyl groups is 1. The van der Waals surface area contributed by atoms with Crippen molar-refractivity contribution in [3.05, 3.63) is 66.1 Å². The van der Waals surface area contributed by atoms with E-state index in [0.29, 0.717) is 17.3 Å². The minimum absolute atomic E-state index is 0.0384. The van der Waals surface area contributed by atoms with E-state index in [2.05, 4.69) is 31.1 Å². The SMILES string of the molecule is CC(C)(C)c1ccc(O)c(NC(=O)Cc2coc(-c3ccccc3)n2)c1. The second-order valence-corrected chi connectivity index (χ2v) is 7.22. The lowest BCUT2D eigenvalue weighted by Gasteiger charge is -2.20. The van der Waals surface area contributed by atoms with Gasteiger partial charge in [-0.15, -0.1) is 0 Å². The quantitative estimate of drug-likeness (QED) is 0.678. The molecule has 5 heteroatoms. The number of anilines is 1. The second kappa shape index (κ2) is 7.04. The van der Waals surface area contributed by atoms with Crippen LogP contribution in [0, 0.1) is 0 Å². The molecule has 0 radical (unpaired) electrons. The van der Waals surface area contributed by atoms with Gasteiger partial charge in [0.15, 0.2) is 0 Å². The highest BCUT2D eigenvalue weighted by molar-refractivity contribution is 5.93. The predicted octanol–water partition coefficient (Wildman–Crippen LogP) is 4.53. The summed E-state index contributed by atoms with van der Waals surface area (Å²) in [4.78, 5) is 16.7. The summed E-state index contributed by atoms with van der Waals surface area (Å²) in [7, 11) is 0. The van der Waals surface area contributed by atoms with Crippen LogP contribution in [-0.2, 0) is 16.6 Å². The molecule has 5 nitrogen and oxygen atoms in total. The molecule has 0 saturated carbocycles. The number of rotatable bonds is 4. The van der Waals surface area contributed by atoms with E-state index in [1.165, 1.54) is 6.26 Å². The first kappa shape index (κ1) is 17.7. The third-order valence-electron chi connectivity index (χ3n) is 4.05. The molecule has 0 saturated heterocycles. The van der Waals surface area contributed by atoms with Gasteiger partial charge >= 0.3 is 0 Å². The zero-order valence-corrected chi connectivity index (χ0v) is 15.1. The number of amides is 1. The van der Waals surface area contributed by atoms with Gasteiger partial charge in [-0.1, -0.05) is 45.0 Å². The molecule has 26 heavy (non-hydrogen) atoms. The third kappa shape index (κ3) is 4.11. The Hall–Kier alpha value is -3.08. The van der Waals surface area contributed by atoms with Gasteiger partial charge in [0.2, 0.25) is 11.8 Å². The van der Waals surface area contributed by atoms with Crippen LogP contribution < -0.4 is 5.32 Å². The van der Waals surface area contributed by atoms with Crippen LogP contribution >= 0.6 is 0 Å². The molecule has 0 bridgehead atoms. The van der Waals surface area contributed by atoms with Gasteiger partial charge in [0.1, 0.15) is 12.0 Å². The number of oxazole rings is 1. The molecule has 3 aromatic rings. The van der Waals surface area contributed by atoms with Crippen LogP contribution in [-0.4, -0.2) is 16.0 Å². The van der Waals surface area contributed by atoms with E-state index in [1.54, 1.807) is 12.1 Å². The first-order chi connectivity index (χ1) is 12.3. The van der Waals surface area contributed by atoms with Crippen molar-refractivity contribution in [2.24, 2.45) is 0 Å². The van der Waals surface area contributed by atoms with Crippen LogP contribution in [0.15, 0.2) is 59.2 Å². The molecule has 0 aliphatic heterocycles. The van der Waals surface area contributed by atoms with Crippen LogP contribution in [0.1, 0.15) is 32.0 Å². The number of hydrogen-bond acceptors (Lipinski definition) is 4. The molecule has 2 N–H and O–H groups in total. The third-order valence-corrected chi connectivity index (χ3v) is 4.05. The zero-order chi connectivity index (χ0) is 18.7. The molecule has 3 rings (SSSR count). The van der Waals surface area contributed by atoms with Crippen molar-refractivity contribution in [2.45, 2.75) is 32.6 Å². The van der Waals surface area contributed by atoms with Gasteiger partial charge < -0.3 is 14.8 Å². The lowest BCUT2D eigenvalue weighted by molar-refractivity contribution is -0.115. The summed E-state index contributed by atoms with van der Waals surface area (Å²) in [6, 6.07) is 14.8. The lowest BCUT2D eigenvalue weighted by atomic mass is 9.87. The minimum Gasteiger partial charge on any atom is -0.506 e. The van der Waals surface area contributed by atoms with Gasteiger partial charge in [0, 0.05) is 5.56 Å². The molecule has 0 spiro atoms. The number of benzene rings is 2. The summed E-state index contributed by atoms with van der Waals surface area (Å²) in [6.45, 7) is 6.22. The monoisotopic (exact) mass is 350 g/mol. The fourth-order valence-electron chi connectivity index (χ4n) is 2.56. The van der Waals surface area contributed by atoms with Crippen LogP contribution in [0.2, 0.25) is 0 Å². The van der Waals surface area contributed by atoms with Gasteiger partial charge in [-0.25, -0.2) is 4.98 Å². The average molecular weight is 350 g/mol. The molecular formula is C21H22N2O3. The summed E-state index contributed by atoms with van der Waals surface area (Å²) in [5, 5.41) is 12.8.